The number of aliphatic hydroxyl groups is 1. The van der Waals surface area contributed by atoms with Gasteiger partial charge in [0.2, 0.25) is 11.9 Å². The summed E-state index contributed by atoms with van der Waals surface area (Å²) in [5, 5.41) is 9.10. The average Bonchev–Trinajstić information content (AvgIpc) is 2.63. The van der Waals surface area contributed by atoms with Gasteiger partial charge in [-0.2, -0.15) is 4.98 Å². The molecule has 2 fully saturated rings. The molecule has 1 atom stereocenters. The zero-order valence-corrected chi connectivity index (χ0v) is 16.2. The molecular formula is C19H31N5O2. The number of aromatic nitrogens is 2. The number of rotatable bonds is 5. The Morgan fingerprint density at radius 2 is 2.12 bits per heavy atom. The van der Waals surface area contributed by atoms with Gasteiger partial charge in [0.1, 0.15) is 5.82 Å². The van der Waals surface area contributed by atoms with Crippen LogP contribution in [0, 0.1) is 12.3 Å². The first-order valence-electron chi connectivity index (χ1n) is 9.59. The van der Waals surface area contributed by atoms with E-state index >= 15 is 0 Å². The van der Waals surface area contributed by atoms with E-state index in [-0.39, 0.29) is 17.9 Å². The van der Waals surface area contributed by atoms with E-state index in [0.29, 0.717) is 19.4 Å². The minimum absolute atomic E-state index is 0.119. The molecular weight excluding hydrogens is 330 g/mol. The lowest BCUT2D eigenvalue weighted by atomic mass is 9.73. The van der Waals surface area contributed by atoms with Crippen LogP contribution in [0.4, 0.5) is 11.8 Å². The Bertz CT molecular complexity index is 651. The molecule has 1 spiro atoms. The van der Waals surface area contributed by atoms with Gasteiger partial charge in [-0.1, -0.05) is 0 Å². The van der Waals surface area contributed by atoms with Crippen molar-refractivity contribution in [3.05, 3.63) is 11.8 Å². The molecule has 2 aliphatic rings. The van der Waals surface area contributed by atoms with Gasteiger partial charge in [0.15, 0.2) is 0 Å². The molecule has 0 radical (unpaired) electrons. The van der Waals surface area contributed by atoms with E-state index in [1.807, 2.05) is 37.0 Å². The number of hydrogen-bond donors (Lipinski definition) is 1. The third kappa shape index (κ3) is 3.92. The maximum atomic E-state index is 12.2. The smallest absolute Gasteiger partial charge is 0.227 e. The Kier molecular flexibility index (Phi) is 5.65. The number of anilines is 2. The third-order valence-corrected chi connectivity index (χ3v) is 5.63. The number of carbonyl (C=O) groups excluding carboxylic acids is 1. The fourth-order valence-corrected chi connectivity index (χ4v) is 4.31. The number of aliphatic hydroxyl groups excluding tert-OH is 1. The van der Waals surface area contributed by atoms with Gasteiger partial charge in [-0.05, 0) is 32.6 Å². The van der Waals surface area contributed by atoms with Gasteiger partial charge < -0.3 is 19.8 Å². The Balaban J connectivity index is 1.76. The molecule has 1 N–H and O–H groups in total. The molecule has 0 bridgehead atoms. The van der Waals surface area contributed by atoms with Crippen LogP contribution in [0.15, 0.2) is 6.20 Å². The summed E-state index contributed by atoms with van der Waals surface area (Å²) in [4.78, 5) is 27.9. The number of likely N-dealkylation sites (tertiary alicyclic amines) is 1. The molecule has 1 amide bonds. The minimum atomic E-state index is 0.119. The molecule has 1 aromatic heterocycles. The number of carbonyl (C=O) groups is 1. The molecule has 3 heterocycles. The summed E-state index contributed by atoms with van der Waals surface area (Å²) in [6, 6.07) is 0. The molecule has 144 valence electrons. The van der Waals surface area contributed by atoms with Crippen molar-refractivity contribution >= 4 is 17.7 Å². The average molecular weight is 361 g/mol. The molecule has 0 aromatic carbocycles. The summed E-state index contributed by atoms with van der Waals surface area (Å²) >= 11 is 0. The summed E-state index contributed by atoms with van der Waals surface area (Å²) < 4.78 is 0. The highest BCUT2D eigenvalue weighted by Gasteiger charge is 2.42. The van der Waals surface area contributed by atoms with Crippen LogP contribution in [0.5, 0.6) is 0 Å². The quantitative estimate of drug-likeness (QED) is 0.856. The van der Waals surface area contributed by atoms with Crippen LogP contribution in [-0.2, 0) is 4.79 Å². The standard InChI is InChI=1S/C19H31N5O2/c1-15-12-20-18(21-17(15)22(2)3)24-9-4-7-19(14-24)8-6-16(26)23(13-19)10-5-11-25/h12,25H,4-11,13-14H2,1-3H3. The topological polar surface area (TPSA) is 72.8 Å². The van der Waals surface area contributed by atoms with Crippen molar-refractivity contribution in [1.82, 2.24) is 14.9 Å². The van der Waals surface area contributed by atoms with Gasteiger partial charge in [-0.3, -0.25) is 4.79 Å². The van der Waals surface area contributed by atoms with Crippen LogP contribution in [0.3, 0.4) is 0 Å². The molecule has 7 heteroatoms. The highest BCUT2D eigenvalue weighted by atomic mass is 16.3. The molecule has 2 aliphatic heterocycles. The summed E-state index contributed by atoms with van der Waals surface area (Å²) in [5.41, 5.74) is 1.19. The van der Waals surface area contributed by atoms with Crippen LogP contribution in [0.2, 0.25) is 0 Å². The first kappa shape index (κ1) is 18.9. The Labute approximate surface area is 156 Å². The van der Waals surface area contributed by atoms with Crippen LogP contribution in [-0.4, -0.2) is 72.8 Å². The molecule has 3 rings (SSSR count). The fourth-order valence-electron chi connectivity index (χ4n) is 4.31. The second-order valence-corrected chi connectivity index (χ2v) is 7.99. The Morgan fingerprint density at radius 1 is 1.31 bits per heavy atom. The SMILES string of the molecule is Cc1cnc(N2CCCC3(CCC(=O)N(CCCO)C3)C2)nc1N(C)C. The fraction of sp³-hybridized carbons (Fsp3) is 0.737. The van der Waals surface area contributed by atoms with E-state index in [0.717, 1.165) is 56.2 Å². The highest BCUT2D eigenvalue weighted by Crippen LogP contribution is 2.39. The van der Waals surface area contributed by atoms with E-state index in [1.54, 1.807) is 0 Å². The molecule has 7 nitrogen and oxygen atoms in total. The lowest BCUT2D eigenvalue weighted by Gasteiger charge is -2.48. The van der Waals surface area contributed by atoms with Gasteiger partial charge in [0, 0.05) is 70.5 Å². The van der Waals surface area contributed by atoms with Crippen molar-refractivity contribution in [2.75, 3.05) is 56.7 Å². The van der Waals surface area contributed by atoms with Crippen LogP contribution in [0.1, 0.15) is 37.7 Å². The van der Waals surface area contributed by atoms with E-state index < -0.39 is 0 Å². The van der Waals surface area contributed by atoms with Crippen molar-refractivity contribution in [3.8, 4) is 0 Å². The minimum Gasteiger partial charge on any atom is -0.396 e. The van der Waals surface area contributed by atoms with Crippen LogP contribution < -0.4 is 9.80 Å². The Hall–Kier alpha value is -1.89. The lowest BCUT2D eigenvalue weighted by molar-refractivity contribution is -0.138. The first-order chi connectivity index (χ1) is 12.4. The largest absolute Gasteiger partial charge is 0.396 e. The monoisotopic (exact) mass is 361 g/mol. The van der Waals surface area contributed by atoms with Gasteiger partial charge >= 0.3 is 0 Å². The van der Waals surface area contributed by atoms with Crippen molar-refractivity contribution in [3.63, 3.8) is 0 Å². The van der Waals surface area contributed by atoms with E-state index in [9.17, 15) is 4.79 Å². The normalized spacial score (nSPS) is 23.6. The van der Waals surface area contributed by atoms with Gasteiger partial charge in [-0.25, -0.2) is 4.98 Å². The van der Waals surface area contributed by atoms with Crippen molar-refractivity contribution in [2.24, 2.45) is 5.41 Å². The van der Waals surface area contributed by atoms with Crippen molar-refractivity contribution in [1.29, 1.82) is 0 Å². The van der Waals surface area contributed by atoms with E-state index in [2.05, 4.69) is 9.88 Å². The summed E-state index contributed by atoms with van der Waals surface area (Å²) in [6.07, 6.45) is 6.33. The molecule has 1 aromatic rings. The second-order valence-electron chi connectivity index (χ2n) is 7.99. The predicted molar refractivity (Wildman–Crippen MR) is 102 cm³/mol. The van der Waals surface area contributed by atoms with Gasteiger partial charge in [0.25, 0.3) is 0 Å². The zero-order valence-electron chi connectivity index (χ0n) is 16.2. The number of nitrogens with zero attached hydrogens (tertiary/aromatic N) is 5. The Morgan fingerprint density at radius 3 is 2.85 bits per heavy atom. The summed E-state index contributed by atoms with van der Waals surface area (Å²) in [6.45, 7) is 5.46. The van der Waals surface area contributed by atoms with Gasteiger partial charge in [-0.15, -0.1) is 0 Å². The van der Waals surface area contributed by atoms with E-state index in [4.69, 9.17) is 10.1 Å². The predicted octanol–water partition coefficient (Wildman–Crippen LogP) is 1.44. The number of piperidine rings is 2. The lowest BCUT2D eigenvalue weighted by Crippen LogP contribution is -2.54. The third-order valence-electron chi connectivity index (χ3n) is 5.63. The maximum Gasteiger partial charge on any atom is 0.227 e. The second kappa shape index (κ2) is 7.78. The molecule has 0 saturated carbocycles. The number of hydrogen-bond acceptors (Lipinski definition) is 6. The van der Waals surface area contributed by atoms with Crippen LogP contribution >= 0.6 is 0 Å². The first-order valence-corrected chi connectivity index (χ1v) is 9.59. The van der Waals surface area contributed by atoms with Gasteiger partial charge in [0.05, 0.1) is 0 Å². The molecule has 26 heavy (non-hydrogen) atoms. The number of amides is 1. The maximum absolute atomic E-state index is 12.2. The van der Waals surface area contributed by atoms with Crippen molar-refractivity contribution in [2.45, 2.75) is 39.0 Å². The van der Waals surface area contributed by atoms with Crippen LogP contribution in [0.25, 0.3) is 0 Å². The molecule has 2 saturated heterocycles. The summed E-state index contributed by atoms with van der Waals surface area (Å²) in [5.74, 6) is 1.97. The number of aryl methyl sites for hydroxylation is 1. The highest BCUT2D eigenvalue weighted by molar-refractivity contribution is 5.77. The summed E-state index contributed by atoms with van der Waals surface area (Å²) in [7, 11) is 4.01. The molecule has 1 unspecified atom stereocenters. The zero-order chi connectivity index (χ0) is 18.7. The van der Waals surface area contributed by atoms with E-state index in [1.165, 1.54) is 0 Å². The van der Waals surface area contributed by atoms with Crippen molar-refractivity contribution < 1.29 is 9.90 Å². The molecule has 0 aliphatic carbocycles.